The number of hydrogen-bond acceptors (Lipinski definition) is 2. The molecule has 0 aliphatic carbocycles. The van der Waals surface area contributed by atoms with E-state index in [0.717, 1.165) is 66.6 Å². The van der Waals surface area contributed by atoms with E-state index in [1.807, 2.05) is 47.4 Å². The molecule has 0 radical (unpaired) electrons. The van der Waals surface area contributed by atoms with E-state index in [1.165, 1.54) is 6.07 Å². The molecule has 2 fully saturated rings. The van der Waals surface area contributed by atoms with Gasteiger partial charge in [0.25, 0.3) is 5.91 Å². The molecule has 1 unspecified atom stereocenters. The Labute approximate surface area is 170 Å². The van der Waals surface area contributed by atoms with Crippen molar-refractivity contribution in [3.05, 3.63) is 71.5 Å². The summed E-state index contributed by atoms with van der Waals surface area (Å²) in [6.45, 7) is 4.90. The van der Waals surface area contributed by atoms with Gasteiger partial charge < -0.3 is 9.64 Å². The summed E-state index contributed by atoms with van der Waals surface area (Å²) in [6, 6.07) is 16.9. The summed E-state index contributed by atoms with van der Waals surface area (Å²) in [6.07, 6.45) is 2.05. The SMILES string of the molecule is Cc1c(F)cccc1-c1cccc2c(C(=O)N3CCC4(CCOC4)C3)cccc12. The van der Waals surface area contributed by atoms with Crippen LogP contribution in [0.4, 0.5) is 4.39 Å². The number of hydrogen-bond donors (Lipinski definition) is 0. The third kappa shape index (κ3) is 3.03. The lowest BCUT2D eigenvalue weighted by Crippen LogP contribution is -2.32. The number of ether oxygens (including phenoxy) is 1. The maximum Gasteiger partial charge on any atom is 0.254 e. The molecule has 0 bridgehead atoms. The molecule has 0 N–H and O–H groups in total. The largest absolute Gasteiger partial charge is 0.381 e. The van der Waals surface area contributed by atoms with Gasteiger partial charge in [-0.05, 0) is 59.4 Å². The molecule has 2 aliphatic heterocycles. The number of halogens is 1. The average Bonchev–Trinajstić information content (AvgIpc) is 3.38. The number of rotatable bonds is 2. The van der Waals surface area contributed by atoms with Crippen LogP contribution in [-0.2, 0) is 4.74 Å². The van der Waals surface area contributed by atoms with Gasteiger partial charge in [-0.25, -0.2) is 4.39 Å². The first-order chi connectivity index (χ1) is 14.1. The van der Waals surface area contributed by atoms with E-state index in [1.54, 1.807) is 13.0 Å². The minimum atomic E-state index is -0.215. The second-order valence-corrected chi connectivity index (χ2v) is 8.40. The predicted octanol–water partition coefficient (Wildman–Crippen LogP) is 5.21. The third-order valence-corrected chi connectivity index (χ3v) is 6.62. The number of nitrogens with zero attached hydrogens (tertiary/aromatic N) is 1. The Bertz CT molecular complexity index is 1100. The van der Waals surface area contributed by atoms with Crippen LogP contribution < -0.4 is 0 Å². The molecule has 1 atom stereocenters. The summed E-state index contributed by atoms with van der Waals surface area (Å²) >= 11 is 0. The van der Waals surface area contributed by atoms with E-state index in [2.05, 4.69) is 0 Å². The first kappa shape index (κ1) is 18.3. The van der Waals surface area contributed by atoms with Gasteiger partial charge in [0.15, 0.2) is 0 Å². The normalized spacial score (nSPS) is 21.4. The molecule has 2 aliphatic rings. The Morgan fingerprint density at radius 2 is 1.76 bits per heavy atom. The van der Waals surface area contributed by atoms with Gasteiger partial charge in [0.05, 0.1) is 6.61 Å². The van der Waals surface area contributed by atoms with Crippen molar-refractivity contribution in [2.45, 2.75) is 19.8 Å². The van der Waals surface area contributed by atoms with E-state index in [-0.39, 0.29) is 17.1 Å². The highest BCUT2D eigenvalue weighted by Gasteiger charge is 2.43. The van der Waals surface area contributed by atoms with Gasteiger partial charge >= 0.3 is 0 Å². The second kappa shape index (κ2) is 6.96. The Morgan fingerprint density at radius 3 is 2.59 bits per heavy atom. The molecule has 4 heteroatoms. The smallest absolute Gasteiger partial charge is 0.254 e. The van der Waals surface area contributed by atoms with Crippen molar-refractivity contribution < 1.29 is 13.9 Å². The number of carbonyl (C=O) groups is 1. The minimum Gasteiger partial charge on any atom is -0.381 e. The number of likely N-dealkylation sites (tertiary alicyclic amines) is 1. The van der Waals surface area contributed by atoms with Gasteiger partial charge in [0.1, 0.15) is 5.82 Å². The molecule has 2 saturated heterocycles. The Kier molecular flexibility index (Phi) is 4.39. The monoisotopic (exact) mass is 389 g/mol. The van der Waals surface area contributed by atoms with Crippen LogP contribution >= 0.6 is 0 Å². The van der Waals surface area contributed by atoms with Gasteiger partial charge in [-0.15, -0.1) is 0 Å². The lowest BCUT2D eigenvalue weighted by Gasteiger charge is -2.22. The summed E-state index contributed by atoms with van der Waals surface area (Å²) in [5, 5.41) is 1.90. The Balaban J connectivity index is 1.56. The number of amides is 1. The van der Waals surface area contributed by atoms with Crippen molar-refractivity contribution in [1.82, 2.24) is 4.90 Å². The molecule has 148 valence electrons. The second-order valence-electron chi connectivity index (χ2n) is 8.40. The number of carbonyl (C=O) groups excluding carboxylic acids is 1. The topological polar surface area (TPSA) is 29.5 Å². The summed E-state index contributed by atoms with van der Waals surface area (Å²) in [5.41, 5.74) is 3.30. The molecule has 3 aromatic rings. The highest BCUT2D eigenvalue weighted by Crippen LogP contribution is 2.39. The number of fused-ring (bicyclic) bond motifs is 1. The van der Waals surface area contributed by atoms with E-state index < -0.39 is 0 Å². The van der Waals surface area contributed by atoms with E-state index >= 15 is 0 Å². The van der Waals surface area contributed by atoms with Gasteiger partial charge in [0.2, 0.25) is 0 Å². The van der Waals surface area contributed by atoms with Crippen LogP contribution in [0.2, 0.25) is 0 Å². The van der Waals surface area contributed by atoms with Crippen molar-refractivity contribution in [3.63, 3.8) is 0 Å². The van der Waals surface area contributed by atoms with Crippen LogP contribution in [0.25, 0.3) is 21.9 Å². The van der Waals surface area contributed by atoms with Crippen molar-refractivity contribution in [3.8, 4) is 11.1 Å². The first-order valence-electron chi connectivity index (χ1n) is 10.2. The molecule has 0 aromatic heterocycles. The van der Waals surface area contributed by atoms with Crippen LogP contribution in [0.3, 0.4) is 0 Å². The average molecular weight is 389 g/mol. The van der Waals surface area contributed by atoms with Crippen LogP contribution in [0, 0.1) is 18.2 Å². The summed E-state index contributed by atoms with van der Waals surface area (Å²) in [7, 11) is 0. The fourth-order valence-electron chi connectivity index (χ4n) is 4.88. The molecular weight excluding hydrogens is 365 g/mol. The molecule has 5 rings (SSSR count). The molecule has 29 heavy (non-hydrogen) atoms. The lowest BCUT2D eigenvalue weighted by molar-refractivity contribution is 0.0767. The van der Waals surface area contributed by atoms with Gasteiger partial charge in [-0.2, -0.15) is 0 Å². The molecule has 0 saturated carbocycles. The third-order valence-electron chi connectivity index (χ3n) is 6.62. The zero-order valence-corrected chi connectivity index (χ0v) is 16.6. The summed E-state index contributed by atoms with van der Waals surface area (Å²) in [4.78, 5) is 15.4. The highest BCUT2D eigenvalue weighted by molar-refractivity contribution is 6.10. The van der Waals surface area contributed by atoms with Crippen molar-refractivity contribution in [1.29, 1.82) is 0 Å². The van der Waals surface area contributed by atoms with Crippen LogP contribution in [0.1, 0.15) is 28.8 Å². The zero-order chi connectivity index (χ0) is 20.0. The van der Waals surface area contributed by atoms with Gasteiger partial charge in [0, 0.05) is 30.7 Å². The fraction of sp³-hybridized carbons (Fsp3) is 0.320. The van der Waals surface area contributed by atoms with Crippen LogP contribution in [-0.4, -0.2) is 37.1 Å². The van der Waals surface area contributed by atoms with Gasteiger partial charge in [-0.1, -0.05) is 42.5 Å². The molecule has 1 spiro atoms. The molecule has 1 amide bonds. The van der Waals surface area contributed by atoms with E-state index in [4.69, 9.17) is 4.74 Å². The fourth-order valence-corrected chi connectivity index (χ4v) is 4.88. The van der Waals surface area contributed by atoms with Crippen LogP contribution in [0.5, 0.6) is 0 Å². The van der Waals surface area contributed by atoms with Crippen molar-refractivity contribution in [2.75, 3.05) is 26.3 Å². The Hall–Kier alpha value is -2.72. The van der Waals surface area contributed by atoms with Gasteiger partial charge in [-0.3, -0.25) is 4.79 Å². The maximum absolute atomic E-state index is 14.2. The summed E-state index contributed by atoms with van der Waals surface area (Å²) < 4.78 is 19.8. The zero-order valence-electron chi connectivity index (χ0n) is 16.6. The van der Waals surface area contributed by atoms with Crippen molar-refractivity contribution >= 4 is 16.7 Å². The minimum absolute atomic E-state index is 0.0764. The highest BCUT2D eigenvalue weighted by atomic mass is 19.1. The molecule has 3 nitrogen and oxygen atoms in total. The molecular formula is C25H24FNO2. The molecule has 2 heterocycles. The summed E-state index contributed by atoms with van der Waals surface area (Å²) in [5.74, 6) is -0.139. The van der Waals surface area contributed by atoms with E-state index in [0.29, 0.717) is 5.56 Å². The lowest BCUT2D eigenvalue weighted by atomic mass is 9.87. The molecule has 3 aromatic carbocycles. The van der Waals surface area contributed by atoms with Crippen LogP contribution in [0.15, 0.2) is 54.6 Å². The standard InChI is InChI=1S/C25H24FNO2/c1-17-18(5-4-10-23(17)26)19-6-2-8-21-20(19)7-3-9-22(21)24(28)27-13-11-25(15-27)12-14-29-16-25/h2-10H,11-16H2,1H3. The Morgan fingerprint density at radius 1 is 1.00 bits per heavy atom. The number of benzene rings is 3. The quantitative estimate of drug-likeness (QED) is 0.602. The predicted molar refractivity (Wildman–Crippen MR) is 112 cm³/mol. The van der Waals surface area contributed by atoms with Crippen molar-refractivity contribution in [2.24, 2.45) is 5.41 Å². The first-order valence-corrected chi connectivity index (χ1v) is 10.2. The van der Waals surface area contributed by atoms with E-state index in [9.17, 15) is 9.18 Å². The maximum atomic E-state index is 14.2.